The highest BCUT2D eigenvalue weighted by atomic mass is 16.5. The summed E-state index contributed by atoms with van der Waals surface area (Å²) in [6, 6.07) is 7.79. The van der Waals surface area contributed by atoms with Crippen molar-refractivity contribution in [2.75, 3.05) is 26.7 Å². The van der Waals surface area contributed by atoms with Crippen LogP contribution in [-0.4, -0.2) is 41.7 Å². The molecule has 5 rings (SSSR count). The van der Waals surface area contributed by atoms with E-state index < -0.39 is 6.10 Å². The van der Waals surface area contributed by atoms with Crippen molar-refractivity contribution in [3.05, 3.63) is 48.7 Å². The Morgan fingerprint density at radius 1 is 1.38 bits per heavy atom. The number of ether oxygens (including phenoxy) is 1. The van der Waals surface area contributed by atoms with Gasteiger partial charge in [0.25, 0.3) is 0 Å². The van der Waals surface area contributed by atoms with Crippen molar-refractivity contribution in [3.63, 3.8) is 0 Å². The number of benzene rings is 1. The Morgan fingerprint density at radius 3 is 3.00 bits per heavy atom. The molecule has 0 spiro atoms. The summed E-state index contributed by atoms with van der Waals surface area (Å²) in [6.07, 6.45) is 4.52. The Hall–Kier alpha value is -1.91. The van der Waals surface area contributed by atoms with Gasteiger partial charge in [0.05, 0.1) is 18.7 Å². The first kappa shape index (κ1) is 15.6. The molecule has 1 unspecified atom stereocenters. The predicted molar refractivity (Wildman–Crippen MR) is 95.0 cm³/mol. The van der Waals surface area contributed by atoms with Crippen LogP contribution in [0.5, 0.6) is 5.75 Å². The average Bonchev–Trinajstić information content (AvgIpc) is 2.66. The second-order valence-electron chi connectivity index (χ2n) is 7.00. The second kappa shape index (κ2) is 6.19. The van der Waals surface area contributed by atoms with E-state index in [1.54, 1.807) is 13.3 Å². The molecule has 4 heterocycles. The van der Waals surface area contributed by atoms with E-state index in [4.69, 9.17) is 4.74 Å². The molecule has 2 aromatic rings. The summed E-state index contributed by atoms with van der Waals surface area (Å²) in [5, 5.41) is 12.2. The van der Waals surface area contributed by atoms with Gasteiger partial charge < -0.3 is 14.7 Å². The minimum atomic E-state index is -0.488. The standard InChI is InChI=1S/C20H24N2O2/c1-3-13-11-22-9-7-15(13)18(12-22)20(23)16-6-8-21-19-5-4-14(24-2)10-17(16)19/h3-6,8,10,13,15,18,20,23H,1,7,9,11-12H2,2H3/t13-,15-,18+,20+/m1/s1. The molecule has 0 radical (unpaired) electrons. The van der Waals surface area contributed by atoms with E-state index in [0.717, 1.165) is 48.3 Å². The van der Waals surface area contributed by atoms with Crippen LogP contribution >= 0.6 is 0 Å². The molecule has 2 bridgehead atoms. The van der Waals surface area contributed by atoms with Gasteiger partial charge >= 0.3 is 0 Å². The molecule has 3 saturated heterocycles. The fourth-order valence-electron chi connectivity index (χ4n) is 4.55. The van der Waals surface area contributed by atoms with E-state index in [-0.39, 0.29) is 5.92 Å². The number of hydrogen-bond acceptors (Lipinski definition) is 4. The second-order valence-corrected chi connectivity index (χ2v) is 7.00. The number of piperidine rings is 3. The molecule has 3 fully saturated rings. The molecule has 1 aromatic heterocycles. The molecule has 126 valence electrons. The lowest BCUT2D eigenvalue weighted by molar-refractivity contribution is -0.0472. The van der Waals surface area contributed by atoms with E-state index in [9.17, 15) is 5.11 Å². The van der Waals surface area contributed by atoms with Gasteiger partial charge in [0.15, 0.2) is 0 Å². The van der Waals surface area contributed by atoms with Crippen LogP contribution in [0.25, 0.3) is 10.9 Å². The number of nitrogens with zero attached hydrogens (tertiary/aromatic N) is 2. The number of aliphatic hydroxyl groups is 1. The zero-order chi connectivity index (χ0) is 16.7. The van der Waals surface area contributed by atoms with Crippen LogP contribution in [0, 0.1) is 17.8 Å². The third-order valence-corrected chi connectivity index (χ3v) is 5.83. The van der Waals surface area contributed by atoms with Crippen LogP contribution in [0.2, 0.25) is 0 Å². The van der Waals surface area contributed by atoms with Crippen LogP contribution in [0.4, 0.5) is 0 Å². The highest BCUT2D eigenvalue weighted by Gasteiger charge is 2.43. The van der Waals surface area contributed by atoms with Crippen molar-refractivity contribution < 1.29 is 9.84 Å². The van der Waals surface area contributed by atoms with E-state index in [2.05, 4.69) is 22.5 Å². The van der Waals surface area contributed by atoms with E-state index in [0.29, 0.717) is 11.8 Å². The Morgan fingerprint density at radius 2 is 2.25 bits per heavy atom. The minimum absolute atomic E-state index is 0.243. The first-order valence-electron chi connectivity index (χ1n) is 8.67. The topological polar surface area (TPSA) is 45.6 Å². The van der Waals surface area contributed by atoms with Crippen LogP contribution in [0.1, 0.15) is 18.1 Å². The van der Waals surface area contributed by atoms with Crippen molar-refractivity contribution in [3.8, 4) is 5.75 Å². The minimum Gasteiger partial charge on any atom is -0.497 e. The maximum Gasteiger partial charge on any atom is 0.119 e. The van der Waals surface area contributed by atoms with Crippen LogP contribution < -0.4 is 4.74 Å². The first-order valence-corrected chi connectivity index (χ1v) is 8.67. The number of aliphatic hydroxyl groups excluding tert-OH is 1. The third-order valence-electron chi connectivity index (χ3n) is 5.83. The third kappa shape index (κ3) is 2.50. The van der Waals surface area contributed by atoms with Gasteiger partial charge in [-0.05, 0) is 54.6 Å². The lowest BCUT2D eigenvalue weighted by Gasteiger charge is -2.50. The number of aromatic nitrogens is 1. The largest absolute Gasteiger partial charge is 0.497 e. The zero-order valence-corrected chi connectivity index (χ0v) is 14.1. The van der Waals surface area contributed by atoms with Crippen molar-refractivity contribution in [2.45, 2.75) is 12.5 Å². The van der Waals surface area contributed by atoms with Crippen molar-refractivity contribution in [2.24, 2.45) is 17.8 Å². The summed E-state index contributed by atoms with van der Waals surface area (Å²) in [5.74, 6) is 2.03. The zero-order valence-electron chi connectivity index (χ0n) is 14.1. The number of hydrogen-bond donors (Lipinski definition) is 1. The van der Waals surface area contributed by atoms with Crippen molar-refractivity contribution in [1.29, 1.82) is 0 Å². The number of rotatable bonds is 4. The summed E-state index contributed by atoms with van der Waals surface area (Å²) in [6.45, 7) is 7.20. The molecule has 4 nitrogen and oxygen atoms in total. The van der Waals surface area contributed by atoms with Gasteiger partial charge in [0.1, 0.15) is 5.75 Å². The van der Waals surface area contributed by atoms with E-state index in [1.807, 2.05) is 24.3 Å². The molecule has 5 atom stereocenters. The van der Waals surface area contributed by atoms with Gasteiger partial charge in [-0.2, -0.15) is 0 Å². The maximum absolute atomic E-state index is 11.2. The molecule has 24 heavy (non-hydrogen) atoms. The number of fused-ring (bicyclic) bond motifs is 4. The lowest BCUT2D eigenvalue weighted by Crippen LogP contribution is -2.53. The average molecular weight is 324 g/mol. The Bertz CT molecular complexity index is 760. The lowest BCUT2D eigenvalue weighted by atomic mass is 9.69. The Labute approximate surface area is 142 Å². The van der Waals surface area contributed by atoms with Crippen LogP contribution in [0.3, 0.4) is 0 Å². The van der Waals surface area contributed by atoms with Crippen LogP contribution in [0.15, 0.2) is 43.1 Å². The van der Waals surface area contributed by atoms with Crippen LogP contribution in [-0.2, 0) is 0 Å². The SMILES string of the molecule is C=C[C@@H]1CN2CC[C@H]1[C@@H]([C@@H](O)c1ccnc3ccc(OC)cc13)C2. The molecule has 3 aliphatic heterocycles. The number of methoxy groups -OCH3 is 1. The highest BCUT2D eigenvalue weighted by Crippen LogP contribution is 2.44. The normalized spacial score (nSPS) is 30.2. The molecule has 1 aromatic carbocycles. The molecule has 0 saturated carbocycles. The fraction of sp³-hybridized carbons (Fsp3) is 0.450. The van der Waals surface area contributed by atoms with Gasteiger partial charge in [-0.3, -0.25) is 4.98 Å². The molecule has 0 aliphatic carbocycles. The summed E-state index contributed by atoms with van der Waals surface area (Å²) in [7, 11) is 1.66. The van der Waals surface area contributed by atoms with Gasteiger partial charge in [0, 0.05) is 30.6 Å². The Kier molecular flexibility index (Phi) is 4.02. The summed E-state index contributed by atoms with van der Waals surface area (Å²) >= 11 is 0. The van der Waals surface area contributed by atoms with Crippen molar-refractivity contribution >= 4 is 10.9 Å². The van der Waals surface area contributed by atoms with Crippen molar-refractivity contribution in [1.82, 2.24) is 9.88 Å². The fourth-order valence-corrected chi connectivity index (χ4v) is 4.55. The highest BCUT2D eigenvalue weighted by molar-refractivity contribution is 5.83. The molecule has 1 N–H and O–H groups in total. The summed E-state index contributed by atoms with van der Waals surface area (Å²) in [5.41, 5.74) is 1.86. The Balaban J connectivity index is 1.73. The predicted octanol–water partition coefficient (Wildman–Crippen LogP) is 3.03. The van der Waals surface area contributed by atoms with Gasteiger partial charge in [-0.25, -0.2) is 0 Å². The monoisotopic (exact) mass is 324 g/mol. The smallest absolute Gasteiger partial charge is 0.119 e. The summed E-state index contributed by atoms with van der Waals surface area (Å²) in [4.78, 5) is 6.89. The molecule has 0 amide bonds. The first-order chi connectivity index (χ1) is 11.7. The van der Waals surface area contributed by atoms with E-state index in [1.165, 1.54) is 0 Å². The molecule has 3 aliphatic rings. The summed E-state index contributed by atoms with van der Waals surface area (Å²) < 4.78 is 5.36. The van der Waals surface area contributed by atoms with Gasteiger partial charge in [0.2, 0.25) is 0 Å². The van der Waals surface area contributed by atoms with Gasteiger partial charge in [-0.15, -0.1) is 6.58 Å². The van der Waals surface area contributed by atoms with Gasteiger partial charge in [-0.1, -0.05) is 6.08 Å². The molecule has 4 heteroatoms. The van der Waals surface area contributed by atoms with E-state index >= 15 is 0 Å². The maximum atomic E-state index is 11.2. The number of pyridine rings is 1. The quantitative estimate of drug-likeness (QED) is 0.878. The molecular formula is C20H24N2O2. The molecular weight excluding hydrogens is 300 g/mol.